The quantitative estimate of drug-likeness (QED) is 0.462. The van der Waals surface area contributed by atoms with Crippen LogP contribution in [0.3, 0.4) is 0 Å². The first-order valence-corrected chi connectivity index (χ1v) is 6.19. The van der Waals surface area contributed by atoms with E-state index in [9.17, 15) is 0 Å². The minimum Gasteiger partial charge on any atom is -0.491 e. The lowest BCUT2D eigenvalue weighted by Crippen LogP contribution is -2.11. The van der Waals surface area contributed by atoms with Crippen molar-refractivity contribution in [1.82, 2.24) is 0 Å². The summed E-state index contributed by atoms with van der Waals surface area (Å²) in [4.78, 5) is 0. The molecule has 3 heteroatoms. The zero-order valence-corrected chi connectivity index (χ0v) is 10.8. The van der Waals surface area contributed by atoms with Gasteiger partial charge in [0.1, 0.15) is 5.75 Å². The van der Waals surface area contributed by atoms with Crippen LogP contribution in [-0.4, -0.2) is 17.0 Å². The fourth-order valence-electron chi connectivity index (χ4n) is 1.76. The molecule has 1 rings (SSSR count). The number of benzene rings is 1. The maximum atomic E-state index is 8.82. The molecular weight excluding hydrogens is 214 g/mol. The summed E-state index contributed by atoms with van der Waals surface area (Å²) < 4.78 is 5.75. The number of hydrogen-bond donors (Lipinski definition) is 1. The van der Waals surface area contributed by atoms with Crippen LogP contribution in [0, 0.1) is 0 Å². The third kappa shape index (κ3) is 4.10. The van der Waals surface area contributed by atoms with Crippen LogP contribution >= 0.6 is 0 Å². The number of rotatable bonds is 6. The van der Waals surface area contributed by atoms with Crippen molar-refractivity contribution in [2.75, 3.05) is 0 Å². The predicted molar refractivity (Wildman–Crippen MR) is 70.1 cm³/mol. The minimum atomic E-state index is 0.239. The molecule has 0 radical (unpaired) electrons. The number of oxime groups is 1. The predicted octanol–water partition coefficient (Wildman–Crippen LogP) is 3.84. The molecule has 17 heavy (non-hydrogen) atoms. The smallest absolute Gasteiger partial charge is 0.119 e. The van der Waals surface area contributed by atoms with Crippen LogP contribution in [0.1, 0.15) is 45.6 Å². The maximum Gasteiger partial charge on any atom is 0.119 e. The first kappa shape index (κ1) is 13.6. The highest BCUT2D eigenvalue weighted by atomic mass is 16.5. The first-order chi connectivity index (χ1) is 8.21. The van der Waals surface area contributed by atoms with Gasteiger partial charge in [-0.2, -0.15) is 0 Å². The summed E-state index contributed by atoms with van der Waals surface area (Å²) >= 11 is 0. The number of ether oxygens (including phenoxy) is 1. The first-order valence-electron chi connectivity index (χ1n) is 6.19. The molecule has 1 aromatic carbocycles. The molecule has 1 N–H and O–H groups in total. The Labute approximate surface area is 103 Å². The molecule has 0 aliphatic rings. The molecule has 0 saturated carbocycles. The standard InChI is InChI=1S/C14H21NO2/c1-4-6-11(3)17-13-9-7-12(8-10-13)14(5-2)15-16/h7-11,16H,4-6H2,1-3H3/b15-14+. The number of hydrogen-bond acceptors (Lipinski definition) is 3. The summed E-state index contributed by atoms with van der Waals surface area (Å²) in [5.74, 6) is 0.864. The molecule has 0 bridgehead atoms. The Morgan fingerprint density at radius 2 is 1.94 bits per heavy atom. The second-order valence-corrected chi connectivity index (χ2v) is 4.14. The second-order valence-electron chi connectivity index (χ2n) is 4.14. The molecule has 94 valence electrons. The van der Waals surface area contributed by atoms with Crippen molar-refractivity contribution in [2.24, 2.45) is 5.16 Å². The van der Waals surface area contributed by atoms with Gasteiger partial charge in [0.2, 0.25) is 0 Å². The lowest BCUT2D eigenvalue weighted by atomic mass is 10.1. The molecule has 0 saturated heterocycles. The van der Waals surface area contributed by atoms with Gasteiger partial charge >= 0.3 is 0 Å². The van der Waals surface area contributed by atoms with Gasteiger partial charge in [0.05, 0.1) is 11.8 Å². The van der Waals surface area contributed by atoms with Crippen molar-refractivity contribution in [3.63, 3.8) is 0 Å². The van der Waals surface area contributed by atoms with Gasteiger partial charge in [-0.25, -0.2) is 0 Å². The zero-order valence-electron chi connectivity index (χ0n) is 10.8. The molecule has 0 aromatic heterocycles. The van der Waals surface area contributed by atoms with Crippen molar-refractivity contribution < 1.29 is 9.94 Å². The van der Waals surface area contributed by atoms with Crippen LogP contribution in [0.25, 0.3) is 0 Å². The Hall–Kier alpha value is -1.51. The highest BCUT2D eigenvalue weighted by Crippen LogP contribution is 2.16. The Morgan fingerprint density at radius 1 is 1.29 bits per heavy atom. The second kappa shape index (κ2) is 6.94. The monoisotopic (exact) mass is 235 g/mol. The lowest BCUT2D eigenvalue weighted by Gasteiger charge is -2.14. The molecule has 0 spiro atoms. The Kier molecular flexibility index (Phi) is 5.53. The van der Waals surface area contributed by atoms with Crippen molar-refractivity contribution in [1.29, 1.82) is 0 Å². The van der Waals surface area contributed by atoms with Crippen LogP contribution in [0.5, 0.6) is 5.75 Å². The molecule has 0 heterocycles. The van der Waals surface area contributed by atoms with E-state index in [0.29, 0.717) is 12.1 Å². The van der Waals surface area contributed by atoms with Crippen LogP contribution < -0.4 is 4.74 Å². The highest BCUT2D eigenvalue weighted by molar-refractivity contribution is 6.00. The van der Waals surface area contributed by atoms with Crippen molar-refractivity contribution in [3.05, 3.63) is 29.8 Å². The summed E-state index contributed by atoms with van der Waals surface area (Å²) in [6, 6.07) is 7.68. The van der Waals surface area contributed by atoms with Gasteiger partial charge in [0.15, 0.2) is 0 Å². The molecule has 3 nitrogen and oxygen atoms in total. The van der Waals surface area contributed by atoms with Crippen LogP contribution in [0.2, 0.25) is 0 Å². The topological polar surface area (TPSA) is 41.8 Å². The van der Waals surface area contributed by atoms with E-state index in [4.69, 9.17) is 9.94 Å². The third-order valence-corrected chi connectivity index (χ3v) is 2.68. The Morgan fingerprint density at radius 3 is 2.41 bits per heavy atom. The fourth-order valence-corrected chi connectivity index (χ4v) is 1.76. The van der Waals surface area contributed by atoms with Crippen LogP contribution in [0.15, 0.2) is 29.4 Å². The molecule has 0 aliphatic heterocycles. The number of nitrogens with zero attached hydrogens (tertiary/aromatic N) is 1. The van der Waals surface area contributed by atoms with Crippen molar-refractivity contribution >= 4 is 5.71 Å². The van der Waals surface area contributed by atoms with Gasteiger partial charge in [-0.05, 0) is 49.6 Å². The summed E-state index contributed by atoms with van der Waals surface area (Å²) in [5.41, 5.74) is 1.63. The third-order valence-electron chi connectivity index (χ3n) is 2.68. The van der Waals surface area contributed by atoms with E-state index in [2.05, 4.69) is 19.0 Å². The fraction of sp³-hybridized carbons (Fsp3) is 0.500. The zero-order chi connectivity index (χ0) is 12.7. The van der Waals surface area contributed by atoms with Crippen LogP contribution in [0.4, 0.5) is 0 Å². The van der Waals surface area contributed by atoms with Gasteiger partial charge < -0.3 is 9.94 Å². The summed E-state index contributed by atoms with van der Waals surface area (Å²) in [6.07, 6.45) is 3.13. The summed E-state index contributed by atoms with van der Waals surface area (Å²) in [5, 5.41) is 12.1. The van der Waals surface area contributed by atoms with Gasteiger partial charge in [-0.15, -0.1) is 0 Å². The van der Waals surface area contributed by atoms with Gasteiger partial charge in [0, 0.05) is 0 Å². The van der Waals surface area contributed by atoms with E-state index < -0.39 is 0 Å². The SMILES string of the molecule is CCCC(C)Oc1ccc(/C(CC)=N/O)cc1. The molecule has 1 atom stereocenters. The Balaban J connectivity index is 2.68. The van der Waals surface area contributed by atoms with Gasteiger partial charge in [0.25, 0.3) is 0 Å². The van der Waals surface area contributed by atoms with E-state index in [1.54, 1.807) is 0 Å². The van der Waals surface area contributed by atoms with E-state index in [1.165, 1.54) is 0 Å². The lowest BCUT2D eigenvalue weighted by molar-refractivity contribution is 0.210. The maximum absolute atomic E-state index is 8.82. The summed E-state index contributed by atoms with van der Waals surface area (Å²) in [6.45, 7) is 6.18. The van der Waals surface area contributed by atoms with E-state index in [1.807, 2.05) is 31.2 Å². The Bertz CT molecular complexity index is 357. The molecule has 1 unspecified atom stereocenters. The van der Waals surface area contributed by atoms with E-state index >= 15 is 0 Å². The van der Waals surface area contributed by atoms with Crippen molar-refractivity contribution in [2.45, 2.75) is 46.1 Å². The molecule has 0 fully saturated rings. The normalized spacial score (nSPS) is 13.5. The van der Waals surface area contributed by atoms with Gasteiger partial charge in [-0.1, -0.05) is 25.4 Å². The van der Waals surface area contributed by atoms with Crippen LogP contribution in [-0.2, 0) is 0 Å². The van der Waals surface area contributed by atoms with E-state index in [-0.39, 0.29) is 6.10 Å². The molecule has 0 amide bonds. The molecule has 1 aromatic rings. The summed E-state index contributed by atoms with van der Waals surface area (Å²) in [7, 11) is 0. The largest absolute Gasteiger partial charge is 0.491 e. The molecule has 0 aliphatic carbocycles. The van der Waals surface area contributed by atoms with Crippen molar-refractivity contribution in [3.8, 4) is 5.75 Å². The minimum absolute atomic E-state index is 0.239. The average molecular weight is 235 g/mol. The van der Waals surface area contributed by atoms with E-state index in [0.717, 1.165) is 24.2 Å². The molecular formula is C14H21NO2. The van der Waals surface area contributed by atoms with Gasteiger partial charge in [-0.3, -0.25) is 0 Å². The highest BCUT2D eigenvalue weighted by Gasteiger charge is 2.05. The average Bonchev–Trinajstić information content (AvgIpc) is 2.33.